The SMILES string of the molecule is COc1cccc(C(CNC(=O)COc2ccccc2[N+](=O)[O-])N(C)C)c1. The summed E-state index contributed by atoms with van der Waals surface area (Å²) in [7, 11) is 5.44. The molecular weight excluding hydrogens is 350 g/mol. The van der Waals surface area contributed by atoms with E-state index in [9.17, 15) is 14.9 Å². The Morgan fingerprint density at radius 3 is 2.63 bits per heavy atom. The van der Waals surface area contributed by atoms with E-state index in [0.29, 0.717) is 6.54 Å². The summed E-state index contributed by atoms with van der Waals surface area (Å²) in [5.74, 6) is 0.447. The Hall–Kier alpha value is -3.13. The van der Waals surface area contributed by atoms with E-state index in [1.54, 1.807) is 19.2 Å². The summed E-state index contributed by atoms with van der Waals surface area (Å²) in [5, 5.41) is 13.8. The second-order valence-electron chi connectivity index (χ2n) is 6.07. The number of nitro groups is 1. The summed E-state index contributed by atoms with van der Waals surface area (Å²) in [6.45, 7) is 0.0579. The summed E-state index contributed by atoms with van der Waals surface area (Å²) in [5.41, 5.74) is 0.826. The second kappa shape index (κ2) is 9.54. The quantitative estimate of drug-likeness (QED) is 0.536. The molecule has 2 aromatic carbocycles. The average molecular weight is 373 g/mol. The molecule has 1 unspecified atom stereocenters. The molecule has 2 rings (SSSR count). The maximum atomic E-state index is 12.1. The van der Waals surface area contributed by atoms with Crippen LogP contribution in [0.2, 0.25) is 0 Å². The summed E-state index contributed by atoms with van der Waals surface area (Å²) >= 11 is 0. The van der Waals surface area contributed by atoms with Crippen LogP contribution in [-0.4, -0.2) is 50.1 Å². The van der Waals surface area contributed by atoms with Crippen molar-refractivity contribution in [3.63, 3.8) is 0 Å². The minimum atomic E-state index is -0.544. The predicted molar refractivity (Wildman–Crippen MR) is 101 cm³/mol. The number of carbonyl (C=O) groups excluding carboxylic acids is 1. The first-order chi connectivity index (χ1) is 12.9. The van der Waals surface area contributed by atoms with Crippen LogP contribution in [0.1, 0.15) is 11.6 Å². The van der Waals surface area contributed by atoms with Gasteiger partial charge in [-0.05, 0) is 37.9 Å². The third-order valence-corrected chi connectivity index (χ3v) is 4.02. The molecule has 0 radical (unpaired) electrons. The number of ether oxygens (including phenoxy) is 2. The Morgan fingerprint density at radius 2 is 1.96 bits per heavy atom. The van der Waals surface area contributed by atoms with E-state index in [4.69, 9.17) is 9.47 Å². The monoisotopic (exact) mass is 373 g/mol. The molecule has 0 aliphatic rings. The van der Waals surface area contributed by atoms with Crippen LogP contribution in [-0.2, 0) is 4.79 Å². The van der Waals surface area contributed by atoms with Crippen LogP contribution >= 0.6 is 0 Å². The van der Waals surface area contributed by atoms with Gasteiger partial charge >= 0.3 is 5.69 Å². The van der Waals surface area contributed by atoms with E-state index in [0.717, 1.165) is 11.3 Å². The molecule has 8 nitrogen and oxygen atoms in total. The van der Waals surface area contributed by atoms with Crippen LogP contribution in [0.3, 0.4) is 0 Å². The molecule has 2 aromatic rings. The van der Waals surface area contributed by atoms with Gasteiger partial charge < -0.3 is 19.7 Å². The molecule has 27 heavy (non-hydrogen) atoms. The molecule has 0 heterocycles. The summed E-state index contributed by atoms with van der Waals surface area (Å²) < 4.78 is 10.6. The zero-order valence-electron chi connectivity index (χ0n) is 15.5. The first-order valence-electron chi connectivity index (χ1n) is 8.35. The van der Waals surface area contributed by atoms with Gasteiger partial charge in [-0.25, -0.2) is 0 Å². The van der Waals surface area contributed by atoms with E-state index < -0.39 is 4.92 Å². The smallest absolute Gasteiger partial charge is 0.310 e. The summed E-state index contributed by atoms with van der Waals surface area (Å²) in [6, 6.07) is 13.5. The van der Waals surface area contributed by atoms with E-state index in [2.05, 4.69) is 5.32 Å². The van der Waals surface area contributed by atoms with E-state index in [1.807, 2.05) is 43.3 Å². The predicted octanol–water partition coefficient (Wildman–Crippen LogP) is 2.40. The molecule has 0 saturated heterocycles. The lowest BCUT2D eigenvalue weighted by Gasteiger charge is -2.25. The third-order valence-electron chi connectivity index (χ3n) is 4.02. The number of hydrogen-bond donors (Lipinski definition) is 1. The Bertz CT molecular complexity index is 794. The van der Waals surface area contributed by atoms with Crippen molar-refractivity contribution in [1.29, 1.82) is 0 Å². The molecule has 1 N–H and O–H groups in total. The topological polar surface area (TPSA) is 93.9 Å². The Morgan fingerprint density at radius 1 is 1.22 bits per heavy atom. The van der Waals surface area contributed by atoms with Gasteiger partial charge in [0.25, 0.3) is 5.91 Å². The maximum Gasteiger partial charge on any atom is 0.310 e. The minimum absolute atomic E-state index is 0.0601. The highest BCUT2D eigenvalue weighted by atomic mass is 16.6. The highest BCUT2D eigenvalue weighted by Gasteiger charge is 2.18. The number of benzene rings is 2. The molecule has 0 bridgehead atoms. The van der Waals surface area contributed by atoms with E-state index in [-0.39, 0.29) is 30.0 Å². The van der Waals surface area contributed by atoms with Crippen molar-refractivity contribution >= 4 is 11.6 Å². The van der Waals surface area contributed by atoms with Crippen LogP contribution in [0.4, 0.5) is 5.69 Å². The molecule has 1 amide bonds. The van der Waals surface area contributed by atoms with Gasteiger partial charge in [-0.3, -0.25) is 14.9 Å². The largest absolute Gasteiger partial charge is 0.497 e. The fourth-order valence-corrected chi connectivity index (χ4v) is 2.58. The lowest BCUT2D eigenvalue weighted by Crippen LogP contribution is -2.36. The van der Waals surface area contributed by atoms with Gasteiger partial charge in [-0.1, -0.05) is 24.3 Å². The number of likely N-dealkylation sites (N-methyl/N-ethyl adjacent to an activating group) is 1. The van der Waals surface area contributed by atoms with Crippen LogP contribution in [0, 0.1) is 10.1 Å². The van der Waals surface area contributed by atoms with Crippen molar-refractivity contribution in [1.82, 2.24) is 10.2 Å². The zero-order chi connectivity index (χ0) is 19.8. The highest BCUT2D eigenvalue weighted by molar-refractivity contribution is 5.77. The van der Waals surface area contributed by atoms with E-state index >= 15 is 0 Å². The number of rotatable bonds is 9. The average Bonchev–Trinajstić information content (AvgIpc) is 2.66. The lowest BCUT2D eigenvalue weighted by molar-refractivity contribution is -0.385. The van der Waals surface area contributed by atoms with Crippen LogP contribution in [0.15, 0.2) is 48.5 Å². The first-order valence-corrected chi connectivity index (χ1v) is 8.35. The Labute approximate surface area is 157 Å². The molecule has 0 spiro atoms. The number of nitrogens with one attached hydrogen (secondary N) is 1. The zero-order valence-corrected chi connectivity index (χ0v) is 15.5. The van der Waals surface area contributed by atoms with Crippen molar-refractivity contribution in [2.24, 2.45) is 0 Å². The molecule has 0 aromatic heterocycles. The molecule has 1 atom stereocenters. The Kier molecular flexibility index (Phi) is 7.13. The fourth-order valence-electron chi connectivity index (χ4n) is 2.58. The van der Waals surface area contributed by atoms with Crippen molar-refractivity contribution in [2.75, 3.05) is 34.4 Å². The maximum absolute atomic E-state index is 12.1. The molecule has 8 heteroatoms. The standard InChI is InChI=1S/C19H23N3O5/c1-21(2)17(14-7-6-8-15(11-14)26-3)12-20-19(23)13-27-18-10-5-4-9-16(18)22(24)25/h4-11,17H,12-13H2,1-3H3,(H,20,23). The number of nitrogens with zero attached hydrogens (tertiary/aromatic N) is 2. The van der Waals surface area contributed by atoms with Gasteiger partial charge in [0.15, 0.2) is 12.4 Å². The van der Waals surface area contributed by atoms with Crippen LogP contribution in [0.5, 0.6) is 11.5 Å². The van der Waals surface area contributed by atoms with Gasteiger partial charge in [0.2, 0.25) is 0 Å². The third kappa shape index (κ3) is 5.68. The molecule has 0 aliphatic carbocycles. The number of carbonyl (C=O) groups is 1. The van der Waals surface area contributed by atoms with Gasteiger partial charge in [0.1, 0.15) is 5.75 Å². The molecular formula is C19H23N3O5. The molecule has 0 saturated carbocycles. The first kappa shape index (κ1) is 20.2. The van der Waals surface area contributed by atoms with Gasteiger partial charge in [0.05, 0.1) is 18.1 Å². The minimum Gasteiger partial charge on any atom is -0.497 e. The summed E-state index contributed by atoms with van der Waals surface area (Å²) in [4.78, 5) is 24.5. The number of nitro benzene ring substituents is 1. The normalized spacial score (nSPS) is 11.7. The number of hydrogen-bond acceptors (Lipinski definition) is 6. The van der Waals surface area contributed by atoms with Gasteiger partial charge in [0, 0.05) is 12.6 Å². The summed E-state index contributed by atoms with van der Waals surface area (Å²) in [6.07, 6.45) is 0. The second-order valence-corrected chi connectivity index (χ2v) is 6.07. The van der Waals surface area contributed by atoms with Crippen LogP contribution < -0.4 is 14.8 Å². The number of methoxy groups -OCH3 is 1. The van der Waals surface area contributed by atoms with Crippen molar-refractivity contribution < 1.29 is 19.2 Å². The van der Waals surface area contributed by atoms with Gasteiger partial charge in [-0.2, -0.15) is 0 Å². The Balaban J connectivity index is 1.95. The van der Waals surface area contributed by atoms with Crippen molar-refractivity contribution in [2.45, 2.75) is 6.04 Å². The highest BCUT2D eigenvalue weighted by Crippen LogP contribution is 2.25. The molecule has 144 valence electrons. The van der Waals surface area contributed by atoms with Crippen molar-refractivity contribution in [3.8, 4) is 11.5 Å². The number of para-hydroxylation sites is 2. The fraction of sp³-hybridized carbons (Fsp3) is 0.316. The lowest BCUT2D eigenvalue weighted by atomic mass is 10.1. The number of amides is 1. The molecule has 0 aliphatic heterocycles. The van der Waals surface area contributed by atoms with Gasteiger partial charge in [-0.15, -0.1) is 0 Å². The van der Waals surface area contributed by atoms with Crippen LogP contribution in [0.25, 0.3) is 0 Å². The molecule has 0 fully saturated rings. The van der Waals surface area contributed by atoms with Crippen molar-refractivity contribution in [3.05, 3.63) is 64.2 Å². The van der Waals surface area contributed by atoms with E-state index in [1.165, 1.54) is 12.1 Å².